The van der Waals surface area contributed by atoms with Crippen LogP contribution in [-0.4, -0.2) is 22.2 Å². The molecule has 1 fully saturated rings. The molecule has 84 valence electrons. The van der Waals surface area contributed by atoms with Crippen molar-refractivity contribution in [2.45, 2.75) is 26.7 Å². The van der Waals surface area contributed by atoms with Gasteiger partial charge in [0.15, 0.2) is 5.41 Å². The van der Waals surface area contributed by atoms with Gasteiger partial charge in [0.05, 0.1) is 0 Å². The predicted molar refractivity (Wildman–Crippen MR) is 54.4 cm³/mol. The van der Waals surface area contributed by atoms with E-state index in [0.717, 1.165) is 0 Å². The minimum Gasteiger partial charge on any atom is -0.480 e. The minimum absolute atomic E-state index is 0.463. The second kappa shape index (κ2) is 3.36. The number of carboxylic acid groups (broad SMARTS) is 2. The number of hydrogen-bond acceptors (Lipinski definition) is 2. The summed E-state index contributed by atoms with van der Waals surface area (Å²) in [5.74, 6) is -2.96. The van der Waals surface area contributed by atoms with Gasteiger partial charge in [-0.05, 0) is 12.8 Å². The first-order chi connectivity index (χ1) is 6.95. The van der Waals surface area contributed by atoms with Gasteiger partial charge in [-0.1, -0.05) is 19.9 Å². The Morgan fingerprint density at radius 2 is 1.67 bits per heavy atom. The van der Waals surface area contributed by atoms with Crippen molar-refractivity contribution < 1.29 is 19.8 Å². The van der Waals surface area contributed by atoms with E-state index in [-0.39, 0.29) is 0 Å². The van der Waals surface area contributed by atoms with Crippen LogP contribution in [0.1, 0.15) is 26.7 Å². The fraction of sp³-hybridized carbons (Fsp3) is 0.636. The van der Waals surface area contributed by atoms with Crippen molar-refractivity contribution in [3.8, 4) is 0 Å². The van der Waals surface area contributed by atoms with E-state index >= 15 is 0 Å². The van der Waals surface area contributed by atoms with Crippen LogP contribution in [-0.2, 0) is 9.59 Å². The minimum atomic E-state index is -1.65. The molecule has 4 nitrogen and oxygen atoms in total. The number of rotatable bonds is 5. The maximum atomic E-state index is 11.2. The van der Waals surface area contributed by atoms with Crippen molar-refractivity contribution in [2.24, 2.45) is 16.7 Å². The highest BCUT2D eigenvalue weighted by atomic mass is 16.4. The molecule has 0 amide bonds. The van der Waals surface area contributed by atoms with Crippen molar-refractivity contribution in [3.05, 3.63) is 12.7 Å². The van der Waals surface area contributed by atoms with E-state index in [2.05, 4.69) is 6.58 Å². The smallest absolute Gasteiger partial charge is 0.322 e. The predicted octanol–water partition coefficient (Wildman–Crippen LogP) is 1.76. The number of hydrogen-bond donors (Lipinski definition) is 2. The maximum Gasteiger partial charge on any atom is 0.322 e. The average molecular weight is 212 g/mol. The molecular formula is C11H16O4. The Labute approximate surface area is 88.6 Å². The van der Waals surface area contributed by atoms with E-state index < -0.39 is 28.7 Å². The third kappa shape index (κ3) is 1.02. The maximum absolute atomic E-state index is 11.2. The summed E-state index contributed by atoms with van der Waals surface area (Å²) in [7, 11) is 0. The molecule has 4 heteroatoms. The van der Waals surface area contributed by atoms with Gasteiger partial charge in [-0.3, -0.25) is 9.59 Å². The van der Waals surface area contributed by atoms with Gasteiger partial charge in [-0.25, -0.2) is 0 Å². The summed E-state index contributed by atoms with van der Waals surface area (Å²) in [6, 6.07) is 0. The molecule has 0 radical (unpaired) electrons. The van der Waals surface area contributed by atoms with Crippen LogP contribution in [0.25, 0.3) is 0 Å². The van der Waals surface area contributed by atoms with E-state index in [9.17, 15) is 9.59 Å². The number of allylic oxidation sites excluding steroid dienone is 1. The van der Waals surface area contributed by atoms with Crippen molar-refractivity contribution in [1.29, 1.82) is 0 Å². The number of carbonyl (C=O) groups is 2. The standard InChI is InChI=1S/C11H16O4/c1-4-7-10(5-2,6-3)11(7,8(12)13)9(14)15/h4,7H,1,5-6H2,2-3H3,(H,12,13)(H,14,15)/t7-/m1/s1. The SMILES string of the molecule is C=C[C@@H]1C(CC)(CC)C1(C(=O)O)C(=O)O. The zero-order valence-corrected chi connectivity index (χ0v) is 8.99. The fourth-order valence-electron chi connectivity index (χ4n) is 3.06. The summed E-state index contributed by atoms with van der Waals surface area (Å²) >= 11 is 0. The van der Waals surface area contributed by atoms with Crippen LogP contribution in [0, 0.1) is 16.7 Å². The van der Waals surface area contributed by atoms with Crippen LogP contribution in [0.3, 0.4) is 0 Å². The molecule has 0 bridgehead atoms. The van der Waals surface area contributed by atoms with E-state index in [1.807, 2.05) is 13.8 Å². The molecule has 15 heavy (non-hydrogen) atoms. The van der Waals surface area contributed by atoms with Crippen LogP contribution in [0.15, 0.2) is 12.7 Å². The molecule has 1 aliphatic carbocycles. The largest absolute Gasteiger partial charge is 0.480 e. The van der Waals surface area contributed by atoms with Gasteiger partial charge in [-0.15, -0.1) is 6.58 Å². The topological polar surface area (TPSA) is 74.6 Å². The van der Waals surface area contributed by atoms with Crippen molar-refractivity contribution in [3.63, 3.8) is 0 Å². The summed E-state index contributed by atoms with van der Waals surface area (Å²) in [4.78, 5) is 22.4. The van der Waals surface area contributed by atoms with E-state index in [1.165, 1.54) is 6.08 Å². The van der Waals surface area contributed by atoms with Gasteiger partial charge >= 0.3 is 11.9 Å². The monoisotopic (exact) mass is 212 g/mol. The van der Waals surface area contributed by atoms with Crippen molar-refractivity contribution in [1.82, 2.24) is 0 Å². The van der Waals surface area contributed by atoms with E-state index in [0.29, 0.717) is 12.8 Å². The molecule has 0 aliphatic heterocycles. The van der Waals surface area contributed by atoms with Gasteiger partial charge in [0.1, 0.15) is 0 Å². The molecular weight excluding hydrogens is 196 g/mol. The normalized spacial score (nSPS) is 25.6. The molecule has 1 saturated carbocycles. The lowest BCUT2D eigenvalue weighted by Crippen LogP contribution is -2.32. The highest BCUT2D eigenvalue weighted by Gasteiger charge is 2.82. The third-order valence-electron chi connectivity index (χ3n) is 3.94. The number of carboxylic acids is 2. The van der Waals surface area contributed by atoms with Crippen LogP contribution >= 0.6 is 0 Å². The Hall–Kier alpha value is -1.32. The summed E-state index contributed by atoms with van der Waals surface area (Å²) < 4.78 is 0. The Balaban J connectivity index is 3.28. The molecule has 0 unspecified atom stereocenters. The van der Waals surface area contributed by atoms with Crippen molar-refractivity contribution in [2.75, 3.05) is 0 Å². The highest BCUT2D eigenvalue weighted by Crippen LogP contribution is 2.73. The first kappa shape index (κ1) is 11.8. The zero-order chi connectivity index (χ0) is 11.9. The Morgan fingerprint density at radius 1 is 1.27 bits per heavy atom. The molecule has 0 aromatic heterocycles. The summed E-state index contributed by atoms with van der Waals surface area (Å²) in [6.45, 7) is 7.20. The molecule has 0 heterocycles. The van der Waals surface area contributed by atoms with Gasteiger partial charge in [0.25, 0.3) is 0 Å². The average Bonchev–Trinajstić information content (AvgIpc) is 2.81. The zero-order valence-electron chi connectivity index (χ0n) is 8.99. The second-order valence-corrected chi connectivity index (χ2v) is 3.99. The fourth-order valence-corrected chi connectivity index (χ4v) is 3.06. The lowest BCUT2D eigenvalue weighted by atomic mass is 9.88. The van der Waals surface area contributed by atoms with Gasteiger partial charge in [0.2, 0.25) is 0 Å². The molecule has 2 N–H and O–H groups in total. The molecule has 0 spiro atoms. The lowest BCUT2D eigenvalue weighted by Gasteiger charge is -2.15. The van der Waals surface area contributed by atoms with Crippen molar-refractivity contribution >= 4 is 11.9 Å². The highest BCUT2D eigenvalue weighted by molar-refractivity contribution is 6.04. The van der Waals surface area contributed by atoms with Crippen LogP contribution in [0.2, 0.25) is 0 Å². The van der Waals surface area contributed by atoms with Gasteiger partial charge in [0, 0.05) is 11.3 Å². The molecule has 1 aliphatic rings. The van der Waals surface area contributed by atoms with E-state index in [4.69, 9.17) is 10.2 Å². The molecule has 1 rings (SSSR count). The quantitative estimate of drug-likeness (QED) is 0.538. The summed E-state index contributed by atoms with van der Waals surface area (Å²) in [5.41, 5.74) is -2.31. The molecule has 1 atom stereocenters. The molecule has 0 aromatic rings. The third-order valence-corrected chi connectivity index (χ3v) is 3.94. The van der Waals surface area contributed by atoms with E-state index in [1.54, 1.807) is 0 Å². The Kier molecular flexibility index (Phi) is 2.63. The van der Waals surface area contributed by atoms with Crippen LogP contribution < -0.4 is 0 Å². The summed E-state index contributed by atoms with van der Waals surface area (Å²) in [5, 5.41) is 18.3. The molecule has 0 saturated heterocycles. The van der Waals surface area contributed by atoms with Crippen LogP contribution in [0.5, 0.6) is 0 Å². The first-order valence-electron chi connectivity index (χ1n) is 5.05. The van der Waals surface area contributed by atoms with Gasteiger partial charge < -0.3 is 10.2 Å². The van der Waals surface area contributed by atoms with Crippen LogP contribution in [0.4, 0.5) is 0 Å². The second-order valence-electron chi connectivity index (χ2n) is 3.99. The summed E-state index contributed by atoms with van der Waals surface area (Å²) in [6.07, 6.45) is 2.55. The van der Waals surface area contributed by atoms with Gasteiger partial charge in [-0.2, -0.15) is 0 Å². The Morgan fingerprint density at radius 3 is 1.73 bits per heavy atom. The molecule has 0 aromatic carbocycles. The lowest BCUT2D eigenvalue weighted by molar-refractivity contribution is -0.159. The Bertz CT molecular complexity index is 301. The number of aliphatic carboxylic acids is 2. The first-order valence-corrected chi connectivity index (χ1v) is 5.05.